The number of amides is 2. The van der Waals surface area contributed by atoms with Crippen LogP contribution in [0.2, 0.25) is 0 Å². The molecular weight excluding hydrogens is 402 g/mol. The van der Waals surface area contributed by atoms with Crippen LogP contribution in [0.4, 0.5) is 17.1 Å². The van der Waals surface area contributed by atoms with Crippen LogP contribution in [-0.2, 0) is 16.1 Å². The van der Waals surface area contributed by atoms with Crippen molar-refractivity contribution in [3.8, 4) is 0 Å². The Labute approximate surface area is 187 Å². The lowest BCUT2D eigenvalue weighted by atomic mass is 10.0. The van der Waals surface area contributed by atoms with E-state index in [9.17, 15) is 9.59 Å². The number of nitrogens with two attached hydrogens (primary N) is 1. The van der Waals surface area contributed by atoms with Crippen molar-refractivity contribution >= 4 is 28.9 Å². The lowest BCUT2D eigenvalue weighted by Gasteiger charge is -2.22. The van der Waals surface area contributed by atoms with Gasteiger partial charge in [0.1, 0.15) is 5.82 Å². The highest BCUT2D eigenvalue weighted by Crippen LogP contribution is 2.39. The number of hydrogen-bond acceptors (Lipinski definition) is 4. The van der Waals surface area contributed by atoms with Gasteiger partial charge in [0.05, 0.1) is 5.92 Å². The molecule has 7 heteroatoms. The number of aryl methyl sites for hydroxylation is 1. The van der Waals surface area contributed by atoms with Crippen LogP contribution < -0.4 is 15.5 Å². The van der Waals surface area contributed by atoms with E-state index >= 15 is 0 Å². The van der Waals surface area contributed by atoms with E-state index in [2.05, 4.69) is 28.6 Å². The van der Waals surface area contributed by atoms with Gasteiger partial charge in [0.15, 0.2) is 0 Å². The number of nitrogen functional groups attached to an aromatic ring is 1. The summed E-state index contributed by atoms with van der Waals surface area (Å²) in [6.07, 6.45) is 4.01. The number of fused-ring (bicyclic) bond motifs is 1. The topological polar surface area (TPSA) is 84.5 Å². The number of carbonyl (C=O) groups is 2. The van der Waals surface area contributed by atoms with Gasteiger partial charge in [-0.2, -0.15) is 0 Å². The molecule has 0 bridgehead atoms. The minimum atomic E-state index is -0.352. The fourth-order valence-corrected chi connectivity index (χ4v) is 4.83. The van der Waals surface area contributed by atoms with Gasteiger partial charge >= 0.3 is 0 Å². The van der Waals surface area contributed by atoms with Crippen molar-refractivity contribution in [3.63, 3.8) is 0 Å². The average Bonchev–Trinajstić information content (AvgIpc) is 3.45. The molecule has 0 saturated carbocycles. The van der Waals surface area contributed by atoms with Crippen LogP contribution in [0.15, 0.2) is 54.9 Å². The van der Waals surface area contributed by atoms with Gasteiger partial charge < -0.3 is 20.1 Å². The zero-order chi connectivity index (χ0) is 22.4. The maximum absolute atomic E-state index is 13.4. The Morgan fingerprint density at radius 1 is 1.19 bits per heavy atom. The Morgan fingerprint density at radius 2 is 2.03 bits per heavy atom. The van der Waals surface area contributed by atoms with Crippen molar-refractivity contribution in [2.45, 2.75) is 32.7 Å². The molecule has 1 saturated heterocycles. The van der Waals surface area contributed by atoms with Crippen LogP contribution in [-0.4, -0.2) is 34.5 Å². The molecular formula is C25H27N5O2. The van der Waals surface area contributed by atoms with E-state index in [1.165, 1.54) is 11.1 Å². The zero-order valence-corrected chi connectivity index (χ0v) is 18.4. The maximum Gasteiger partial charge on any atom is 0.232 e. The molecule has 3 heterocycles. The van der Waals surface area contributed by atoms with E-state index in [4.69, 9.17) is 5.73 Å². The van der Waals surface area contributed by atoms with Gasteiger partial charge in [-0.3, -0.25) is 9.59 Å². The van der Waals surface area contributed by atoms with Crippen LogP contribution >= 0.6 is 0 Å². The van der Waals surface area contributed by atoms with Gasteiger partial charge in [0, 0.05) is 61.4 Å². The van der Waals surface area contributed by atoms with Gasteiger partial charge in [-0.1, -0.05) is 25.1 Å². The van der Waals surface area contributed by atoms with Crippen molar-refractivity contribution in [3.05, 3.63) is 71.8 Å². The van der Waals surface area contributed by atoms with E-state index in [1.54, 1.807) is 17.0 Å². The van der Waals surface area contributed by atoms with Crippen molar-refractivity contribution in [2.75, 3.05) is 28.6 Å². The normalized spacial score (nSPS) is 20.1. The Hall–Kier alpha value is -3.61. The molecule has 1 fully saturated rings. The summed E-state index contributed by atoms with van der Waals surface area (Å²) in [7, 11) is 0. The van der Waals surface area contributed by atoms with E-state index < -0.39 is 0 Å². The molecule has 2 N–H and O–H groups in total. The fraction of sp³-hybridized carbons (Fsp3) is 0.320. The molecule has 2 amide bonds. The minimum Gasteiger partial charge on any atom is -0.399 e. The van der Waals surface area contributed by atoms with Gasteiger partial charge in [0.2, 0.25) is 11.8 Å². The van der Waals surface area contributed by atoms with Crippen LogP contribution in [0, 0.1) is 12.8 Å². The molecule has 2 aliphatic heterocycles. The minimum absolute atomic E-state index is 0.0218. The lowest BCUT2D eigenvalue weighted by Crippen LogP contribution is -2.36. The first-order valence-corrected chi connectivity index (χ1v) is 11.0. The predicted molar refractivity (Wildman–Crippen MR) is 125 cm³/mol. The van der Waals surface area contributed by atoms with Gasteiger partial charge in [-0.05, 0) is 42.3 Å². The van der Waals surface area contributed by atoms with Crippen LogP contribution in [0.25, 0.3) is 0 Å². The van der Waals surface area contributed by atoms with Crippen molar-refractivity contribution < 1.29 is 9.59 Å². The Balaban J connectivity index is 1.35. The first-order valence-electron chi connectivity index (χ1n) is 11.0. The molecule has 5 rings (SSSR count). The van der Waals surface area contributed by atoms with E-state index in [0.29, 0.717) is 18.8 Å². The number of anilines is 3. The SMILES string of the molecule is Cc1nccn1Cc1ccc2c(c1)C(C)CN2C(=O)C1CC(=O)N(c2cccc(N)c2)C1. The maximum atomic E-state index is 13.4. The Morgan fingerprint density at radius 3 is 2.78 bits per heavy atom. The second kappa shape index (κ2) is 7.82. The summed E-state index contributed by atoms with van der Waals surface area (Å²) >= 11 is 0. The van der Waals surface area contributed by atoms with E-state index in [1.807, 2.05) is 42.4 Å². The Kier molecular flexibility index (Phi) is 4.96. The van der Waals surface area contributed by atoms with Crippen LogP contribution in [0.5, 0.6) is 0 Å². The number of imidazole rings is 1. The molecule has 3 aromatic rings. The molecule has 2 aliphatic rings. The van der Waals surface area contributed by atoms with Crippen molar-refractivity contribution in [1.29, 1.82) is 0 Å². The first-order chi connectivity index (χ1) is 15.4. The van der Waals surface area contributed by atoms with Crippen LogP contribution in [0.1, 0.15) is 36.2 Å². The molecule has 2 aromatic carbocycles. The second-order valence-corrected chi connectivity index (χ2v) is 8.85. The molecule has 2 unspecified atom stereocenters. The molecule has 7 nitrogen and oxygen atoms in total. The number of nitrogens with zero attached hydrogens (tertiary/aromatic N) is 4. The zero-order valence-electron chi connectivity index (χ0n) is 18.4. The standard InChI is InChI=1S/C25H27N5O2/c1-16-13-30(23-7-6-18(10-22(16)23)14-28-9-8-27-17(28)2)25(32)19-11-24(31)29(15-19)21-5-3-4-20(26)12-21/h3-10,12,16,19H,11,13-15,26H2,1-2H3. The Bertz CT molecular complexity index is 1200. The van der Waals surface area contributed by atoms with Crippen molar-refractivity contribution in [1.82, 2.24) is 9.55 Å². The summed E-state index contributed by atoms with van der Waals surface area (Å²) in [5, 5.41) is 0. The summed E-state index contributed by atoms with van der Waals surface area (Å²) in [4.78, 5) is 33.9. The molecule has 2 atom stereocenters. The van der Waals surface area contributed by atoms with Crippen molar-refractivity contribution in [2.24, 2.45) is 5.92 Å². The lowest BCUT2D eigenvalue weighted by molar-refractivity contribution is -0.124. The molecule has 0 aliphatic carbocycles. The van der Waals surface area contributed by atoms with Gasteiger partial charge in [-0.15, -0.1) is 0 Å². The summed E-state index contributed by atoms with van der Waals surface area (Å²) in [6.45, 7) is 5.93. The highest BCUT2D eigenvalue weighted by molar-refractivity contribution is 6.05. The average molecular weight is 430 g/mol. The molecule has 0 radical (unpaired) electrons. The smallest absolute Gasteiger partial charge is 0.232 e. The van der Waals surface area contributed by atoms with Crippen LogP contribution in [0.3, 0.4) is 0 Å². The van der Waals surface area contributed by atoms with Gasteiger partial charge in [0.25, 0.3) is 0 Å². The summed E-state index contributed by atoms with van der Waals surface area (Å²) in [6, 6.07) is 13.6. The highest BCUT2D eigenvalue weighted by atomic mass is 16.2. The predicted octanol–water partition coefficient (Wildman–Crippen LogP) is 3.33. The largest absolute Gasteiger partial charge is 0.399 e. The number of rotatable bonds is 4. The third kappa shape index (κ3) is 3.53. The number of benzene rings is 2. The number of carbonyl (C=O) groups excluding carboxylic acids is 2. The monoisotopic (exact) mass is 429 g/mol. The third-order valence-electron chi connectivity index (χ3n) is 6.57. The molecule has 32 heavy (non-hydrogen) atoms. The fourth-order valence-electron chi connectivity index (χ4n) is 4.83. The van der Waals surface area contributed by atoms with Gasteiger partial charge in [-0.25, -0.2) is 4.98 Å². The van der Waals surface area contributed by atoms with E-state index in [-0.39, 0.29) is 30.1 Å². The number of hydrogen-bond donors (Lipinski definition) is 1. The number of aromatic nitrogens is 2. The molecule has 1 aromatic heterocycles. The quantitative estimate of drug-likeness (QED) is 0.645. The molecule has 0 spiro atoms. The molecule has 164 valence electrons. The van der Waals surface area contributed by atoms with E-state index in [0.717, 1.165) is 23.7 Å². The second-order valence-electron chi connectivity index (χ2n) is 8.85. The summed E-state index contributed by atoms with van der Waals surface area (Å²) in [5.41, 5.74) is 10.6. The summed E-state index contributed by atoms with van der Waals surface area (Å²) < 4.78 is 2.11. The third-order valence-corrected chi connectivity index (χ3v) is 6.57. The highest BCUT2D eigenvalue weighted by Gasteiger charge is 2.40. The summed E-state index contributed by atoms with van der Waals surface area (Å²) in [5.74, 6) is 0.863. The first kappa shape index (κ1) is 20.3.